The van der Waals surface area contributed by atoms with Crippen molar-refractivity contribution in [2.45, 2.75) is 6.36 Å². The second-order valence-corrected chi connectivity index (χ2v) is 2.43. The third-order valence-electron chi connectivity index (χ3n) is 1.35. The van der Waals surface area contributed by atoms with Crippen LogP contribution in [0.1, 0.15) is 5.56 Å². The van der Waals surface area contributed by atoms with Gasteiger partial charge in [-0.2, -0.15) is 5.26 Å². The minimum atomic E-state index is -5.18. The van der Waals surface area contributed by atoms with Crippen molar-refractivity contribution in [2.24, 2.45) is 0 Å². The summed E-state index contributed by atoms with van der Waals surface area (Å²) in [6.07, 6.45) is -5.18. The zero-order valence-electron chi connectivity index (χ0n) is 6.90. The van der Waals surface area contributed by atoms with E-state index in [1.165, 1.54) is 6.07 Å². The molecule has 0 unspecified atom stereocenters. The lowest BCUT2D eigenvalue weighted by Crippen LogP contribution is -2.19. The molecule has 0 aliphatic rings. The average Bonchev–Trinajstić information content (AvgIpc) is 2.09. The second kappa shape index (κ2) is 3.73. The van der Waals surface area contributed by atoms with E-state index in [0.717, 1.165) is 0 Å². The predicted molar refractivity (Wildman–Crippen MR) is 37.8 cm³/mol. The lowest BCUT2D eigenvalue weighted by atomic mass is 10.2. The number of hydrogen-bond acceptors (Lipinski definition) is 2. The highest BCUT2D eigenvalue weighted by atomic mass is 19.4. The normalized spacial score (nSPS) is 10.9. The van der Waals surface area contributed by atoms with Gasteiger partial charge >= 0.3 is 6.36 Å². The molecule has 1 aromatic carbocycles. The summed E-state index contributed by atoms with van der Waals surface area (Å²) >= 11 is 0. The molecule has 0 atom stereocenters. The maximum Gasteiger partial charge on any atom is 0.573 e. The summed E-state index contributed by atoms with van der Waals surface area (Å²) in [7, 11) is 0. The monoisotopic (exact) mass is 223 g/mol. The topological polar surface area (TPSA) is 33.0 Å². The Bertz CT molecular complexity index is 397. The van der Waals surface area contributed by atoms with Gasteiger partial charge in [0.25, 0.3) is 0 Å². The number of nitriles is 1. The minimum absolute atomic E-state index is 0.431. The second-order valence-electron chi connectivity index (χ2n) is 2.43. The lowest BCUT2D eigenvalue weighted by Gasteiger charge is -2.10. The molecule has 0 aromatic heterocycles. The quantitative estimate of drug-likeness (QED) is 0.685. The van der Waals surface area contributed by atoms with Crippen molar-refractivity contribution < 1.29 is 26.7 Å². The molecule has 0 fully saturated rings. The Kier molecular flexibility index (Phi) is 2.79. The van der Waals surface area contributed by atoms with E-state index in [9.17, 15) is 22.0 Å². The van der Waals surface area contributed by atoms with Crippen LogP contribution in [-0.2, 0) is 0 Å². The van der Waals surface area contributed by atoms with Gasteiger partial charge in [-0.25, -0.2) is 8.78 Å². The number of halogens is 5. The number of nitrogens with zero attached hydrogens (tertiary/aromatic N) is 1. The van der Waals surface area contributed by atoms with Crippen LogP contribution in [0.3, 0.4) is 0 Å². The predicted octanol–water partition coefficient (Wildman–Crippen LogP) is 2.74. The van der Waals surface area contributed by atoms with Gasteiger partial charge in [0.15, 0.2) is 11.6 Å². The molecule has 0 saturated carbocycles. The highest BCUT2D eigenvalue weighted by Gasteiger charge is 2.34. The minimum Gasteiger partial charge on any atom is -0.399 e. The van der Waals surface area contributed by atoms with E-state index in [1.54, 1.807) is 0 Å². The molecule has 0 amide bonds. The smallest absolute Gasteiger partial charge is 0.399 e. The first-order valence-corrected chi connectivity index (χ1v) is 3.48. The molecule has 80 valence electrons. The first kappa shape index (κ1) is 11.2. The van der Waals surface area contributed by atoms with E-state index in [2.05, 4.69) is 4.74 Å². The number of benzene rings is 1. The van der Waals surface area contributed by atoms with E-state index < -0.39 is 29.3 Å². The Balaban J connectivity index is 3.16. The fraction of sp³-hybridized carbons (Fsp3) is 0.125. The summed E-state index contributed by atoms with van der Waals surface area (Å²) in [6, 6.07) is 2.28. The van der Waals surface area contributed by atoms with E-state index in [1.807, 2.05) is 0 Å². The van der Waals surface area contributed by atoms with Gasteiger partial charge in [-0.15, -0.1) is 13.2 Å². The maximum absolute atomic E-state index is 12.8. The summed E-state index contributed by atoms with van der Waals surface area (Å²) in [4.78, 5) is 0. The molecule has 0 spiro atoms. The summed E-state index contributed by atoms with van der Waals surface area (Å²) < 4.78 is 63.7. The van der Waals surface area contributed by atoms with Gasteiger partial charge in [-0.05, 0) is 12.1 Å². The molecule has 15 heavy (non-hydrogen) atoms. The molecule has 0 aliphatic carbocycles. The van der Waals surface area contributed by atoms with Crippen molar-refractivity contribution in [1.29, 1.82) is 5.26 Å². The Hall–Kier alpha value is -1.84. The molecule has 0 radical (unpaired) electrons. The summed E-state index contributed by atoms with van der Waals surface area (Å²) in [6.45, 7) is 0. The molecule has 0 N–H and O–H groups in total. The van der Waals surface area contributed by atoms with E-state index >= 15 is 0 Å². The largest absolute Gasteiger partial charge is 0.573 e. The van der Waals surface area contributed by atoms with Crippen molar-refractivity contribution in [3.05, 3.63) is 29.3 Å². The maximum atomic E-state index is 12.8. The molecule has 1 rings (SSSR count). The molecule has 2 nitrogen and oxygen atoms in total. The fourth-order valence-electron chi connectivity index (χ4n) is 0.838. The third-order valence-corrected chi connectivity index (χ3v) is 1.35. The van der Waals surface area contributed by atoms with Gasteiger partial charge in [-0.1, -0.05) is 0 Å². The molecular weight excluding hydrogens is 221 g/mol. The fourth-order valence-corrected chi connectivity index (χ4v) is 0.838. The van der Waals surface area contributed by atoms with Crippen molar-refractivity contribution in [3.63, 3.8) is 0 Å². The van der Waals surface area contributed by atoms with E-state index in [0.29, 0.717) is 12.1 Å². The van der Waals surface area contributed by atoms with Gasteiger partial charge in [0, 0.05) is 0 Å². The Morgan fingerprint density at radius 3 is 1.93 bits per heavy atom. The molecule has 0 saturated heterocycles. The summed E-state index contributed by atoms with van der Waals surface area (Å²) in [5.74, 6) is -4.73. The van der Waals surface area contributed by atoms with Crippen LogP contribution in [0.4, 0.5) is 22.0 Å². The van der Waals surface area contributed by atoms with Gasteiger partial charge in [-0.3, -0.25) is 0 Å². The van der Waals surface area contributed by atoms with Crippen LogP contribution in [0.15, 0.2) is 12.1 Å². The number of ether oxygens (including phenoxy) is 1. The molecule has 0 bridgehead atoms. The number of hydrogen-bond donors (Lipinski definition) is 0. The number of rotatable bonds is 1. The number of alkyl halides is 3. The molecule has 1 aromatic rings. The van der Waals surface area contributed by atoms with Gasteiger partial charge in [0.05, 0.1) is 11.6 Å². The van der Waals surface area contributed by atoms with Crippen molar-refractivity contribution in [2.75, 3.05) is 0 Å². The summed E-state index contributed by atoms with van der Waals surface area (Å²) in [5, 5.41) is 8.26. The first-order valence-electron chi connectivity index (χ1n) is 3.48. The Labute approximate surface area is 80.5 Å². The zero-order valence-corrected chi connectivity index (χ0v) is 6.90. The first-order chi connectivity index (χ1) is 6.83. The summed E-state index contributed by atoms with van der Waals surface area (Å²) in [5.41, 5.74) is -0.431. The Morgan fingerprint density at radius 2 is 1.60 bits per heavy atom. The zero-order chi connectivity index (χ0) is 11.6. The van der Waals surface area contributed by atoms with Gasteiger partial charge in [0.2, 0.25) is 5.75 Å². The standard InChI is InChI=1S/C8H2F5NO/c9-5-1-4(3-14)2-6(10)7(5)15-8(11,12)13/h1-2H. The van der Waals surface area contributed by atoms with Gasteiger partial charge in [0.1, 0.15) is 0 Å². The van der Waals surface area contributed by atoms with Crippen molar-refractivity contribution >= 4 is 0 Å². The molecule has 0 aliphatic heterocycles. The highest BCUT2D eigenvalue weighted by molar-refractivity contribution is 5.37. The van der Waals surface area contributed by atoms with Crippen LogP contribution in [-0.4, -0.2) is 6.36 Å². The molecule has 0 heterocycles. The lowest BCUT2D eigenvalue weighted by molar-refractivity contribution is -0.276. The SMILES string of the molecule is N#Cc1cc(F)c(OC(F)(F)F)c(F)c1. The van der Waals surface area contributed by atoms with Gasteiger partial charge < -0.3 is 4.74 Å². The molecule has 7 heteroatoms. The molecular formula is C8H2F5NO. The third kappa shape index (κ3) is 2.80. The van der Waals surface area contributed by atoms with Crippen LogP contribution < -0.4 is 4.74 Å². The van der Waals surface area contributed by atoms with Crippen LogP contribution in [0.5, 0.6) is 5.75 Å². The Morgan fingerprint density at radius 1 is 1.13 bits per heavy atom. The highest BCUT2D eigenvalue weighted by Crippen LogP contribution is 2.28. The van der Waals surface area contributed by atoms with Crippen LogP contribution in [0.2, 0.25) is 0 Å². The van der Waals surface area contributed by atoms with Crippen molar-refractivity contribution in [3.8, 4) is 11.8 Å². The van der Waals surface area contributed by atoms with E-state index in [4.69, 9.17) is 5.26 Å². The van der Waals surface area contributed by atoms with Crippen molar-refractivity contribution in [1.82, 2.24) is 0 Å². The van der Waals surface area contributed by atoms with Crippen LogP contribution in [0.25, 0.3) is 0 Å². The van der Waals surface area contributed by atoms with Crippen LogP contribution >= 0.6 is 0 Å². The van der Waals surface area contributed by atoms with Crippen LogP contribution in [0, 0.1) is 23.0 Å². The average molecular weight is 223 g/mol. The van der Waals surface area contributed by atoms with E-state index in [-0.39, 0.29) is 0 Å².